The summed E-state index contributed by atoms with van der Waals surface area (Å²) in [5.41, 5.74) is 1.81. The number of allylic oxidation sites excluding steroid dienone is 6. The van der Waals surface area contributed by atoms with Gasteiger partial charge in [-0.05, 0) is 64.5 Å². The first-order valence-electron chi connectivity index (χ1n) is 11.3. The predicted octanol–water partition coefficient (Wildman–Crippen LogP) is 3.32. The third kappa shape index (κ3) is 6.44. The quantitative estimate of drug-likeness (QED) is 0.120. The van der Waals surface area contributed by atoms with Crippen molar-refractivity contribution in [2.75, 3.05) is 7.11 Å². The molecule has 8 heteroatoms. The van der Waals surface area contributed by atoms with Crippen molar-refractivity contribution < 1.29 is 19.8 Å². The highest BCUT2D eigenvalue weighted by molar-refractivity contribution is 6.10. The van der Waals surface area contributed by atoms with E-state index in [4.69, 9.17) is 15.4 Å². The first-order chi connectivity index (χ1) is 15.6. The first kappa shape index (κ1) is 24.5. The maximum Gasteiger partial charge on any atom is 0.251 e. The maximum atomic E-state index is 12.7. The van der Waals surface area contributed by atoms with Crippen LogP contribution in [0.4, 0.5) is 0 Å². The summed E-state index contributed by atoms with van der Waals surface area (Å²) in [7, 11) is 1.50. The molecule has 1 amide bonds. The predicted molar refractivity (Wildman–Crippen MR) is 128 cm³/mol. The number of hydrogen-bond donors (Lipinski definition) is 5. The van der Waals surface area contributed by atoms with Gasteiger partial charge in [0.05, 0.1) is 29.8 Å². The van der Waals surface area contributed by atoms with Gasteiger partial charge in [0.15, 0.2) is 0 Å². The summed E-state index contributed by atoms with van der Waals surface area (Å²) in [6, 6.07) is 0.251. The van der Waals surface area contributed by atoms with E-state index in [9.17, 15) is 9.90 Å². The smallest absolute Gasteiger partial charge is 0.251 e. The maximum absolute atomic E-state index is 12.7. The number of ether oxygens (including phenoxy) is 1. The van der Waals surface area contributed by atoms with Crippen molar-refractivity contribution >= 4 is 17.3 Å². The first-order valence-corrected chi connectivity index (χ1v) is 11.3. The van der Waals surface area contributed by atoms with E-state index in [-0.39, 0.29) is 23.6 Å². The Kier molecular flexibility index (Phi) is 7.58. The molecule has 0 atom stereocenters. The van der Waals surface area contributed by atoms with Crippen molar-refractivity contribution in [3.8, 4) is 0 Å². The highest BCUT2D eigenvalue weighted by Crippen LogP contribution is 2.36. The normalized spacial score (nSPS) is 25.5. The fourth-order valence-electron chi connectivity index (χ4n) is 3.74. The lowest BCUT2D eigenvalue weighted by Crippen LogP contribution is -2.48. The Morgan fingerprint density at radius 2 is 2.00 bits per heavy atom. The Morgan fingerprint density at radius 1 is 1.30 bits per heavy atom. The molecule has 178 valence electrons. The number of methoxy groups -OCH3 is 1. The molecule has 0 spiro atoms. The minimum Gasteiger partial charge on any atom is -0.494 e. The summed E-state index contributed by atoms with van der Waals surface area (Å²) in [4.78, 5) is 12.7. The molecule has 0 aromatic heterocycles. The number of rotatable bonds is 9. The minimum atomic E-state index is -0.679. The summed E-state index contributed by atoms with van der Waals surface area (Å²) in [6.45, 7) is 5.36. The second-order valence-corrected chi connectivity index (χ2v) is 9.43. The molecule has 5 N–H and O–H groups in total. The van der Waals surface area contributed by atoms with Gasteiger partial charge in [0.1, 0.15) is 5.76 Å². The van der Waals surface area contributed by atoms with Crippen molar-refractivity contribution in [2.24, 2.45) is 17.0 Å². The largest absolute Gasteiger partial charge is 0.494 e. The van der Waals surface area contributed by atoms with Gasteiger partial charge in [-0.15, -0.1) is 0 Å². The number of hydrogen-bond acceptors (Lipinski definition) is 7. The molecule has 0 radical (unpaired) electrons. The van der Waals surface area contributed by atoms with Crippen LogP contribution in [0.5, 0.6) is 0 Å². The monoisotopic (exact) mass is 454 g/mol. The molecule has 0 unspecified atom stereocenters. The fourth-order valence-corrected chi connectivity index (χ4v) is 3.74. The molecule has 3 rings (SSSR count). The molecular weight excluding hydrogens is 420 g/mol. The van der Waals surface area contributed by atoms with Gasteiger partial charge in [-0.2, -0.15) is 0 Å². The van der Waals surface area contributed by atoms with Crippen LogP contribution in [0.3, 0.4) is 0 Å². The minimum absolute atomic E-state index is 0.251. The van der Waals surface area contributed by atoms with Gasteiger partial charge in [-0.3, -0.25) is 4.79 Å². The number of amides is 1. The van der Waals surface area contributed by atoms with Crippen LogP contribution in [0.25, 0.3) is 0 Å². The molecule has 33 heavy (non-hydrogen) atoms. The highest BCUT2D eigenvalue weighted by atomic mass is 16.5. The molecule has 0 aromatic rings. The summed E-state index contributed by atoms with van der Waals surface area (Å²) < 4.78 is 5.36. The summed E-state index contributed by atoms with van der Waals surface area (Å²) in [5.74, 6) is 0.682. The third-order valence-corrected chi connectivity index (χ3v) is 6.31. The topological polar surface area (TPSA) is 127 Å². The zero-order valence-electron chi connectivity index (χ0n) is 19.7. The average Bonchev–Trinajstić information content (AvgIpc) is 3.55. The molecule has 0 aliphatic heterocycles. The van der Waals surface area contributed by atoms with Crippen LogP contribution in [-0.4, -0.2) is 46.4 Å². The van der Waals surface area contributed by atoms with E-state index in [0.717, 1.165) is 25.7 Å². The van der Waals surface area contributed by atoms with Crippen LogP contribution in [0.1, 0.15) is 46.5 Å². The van der Waals surface area contributed by atoms with Crippen LogP contribution >= 0.6 is 0 Å². The van der Waals surface area contributed by atoms with Gasteiger partial charge >= 0.3 is 0 Å². The molecule has 0 heterocycles. The summed E-state index contributed by atoms with van der Waals surface area (Å²) in [6.07, 6.45) is 13.9. The molecule has 3 aliphatic carbocycles. The molecule has 2 fully saturated rings. The standard InChI is InChI=1S/C25H34N4O4/c1-15(6-5-7-21(29-32)16-8-9-16)24(30)28-22-10-17(20(26)13-23(22)33-4)14-27-19-11-18(12-19)25(2,3)31/h5-7,10,13-14,16,18-19,26-27,31-32H,8-9,11-12H2,1-4H3,(H,28,30)/b7-5-,15-6+,17-14-,26-20?,29-21-/t18-,19-. The number of aliphatic hydroxyl groups is 1. The number of carbonyl (C=O) groups is 1. The average molecular weight is 455 g/mol. The molecule has 2 saturated carbocycles. The van der Waals surface area contributed by atoms with Crippen LogP contribution < -0.4 is 10.6 Å². The van der Waals surface area contributed by atoms with Crippen molar-refractivity contribution in [1.29, 1.82) is 5.41 Å². The lowest BCUT2D eigenvalue weighted by Gasteiger charge is -2.42. The van der Waals surface area contributed by atoms with Gasteiger partial charge in [0.25, 0.3) is 5.91 Å². The molecule has 0 aromatic carbocycles. The zero-order valence-corrected chi connectivity index (χ0v) is 19.7. The van der Waals surface area contributed by atoms with E-state index >= 15 is 0 Å². The SMILES string of the molecule is COC1=CC(=N)/C(=C\N[C@H]2C[C@H](C(C)(C)O)C2)C=C1NC(=O)/C(C)=C/C=C\C(=N\O)C1CC1. The number of carbonyl (C=O) groups excluding carboxylic acids is 1. The van der Waals surface area contributed by atoms with Crippen molar-refractivity contribution in [3.05, 3.63) is 59.2 Å². The van der Waals surface area contributed by atoms with Crippen LogP contribution in [0.2, 0.25) is 0 Å². The van der Waals surface area contributed by atoms with Crippen molar-refractivity contribution in [3.63, 3.8) is 0 Å². The second kappa shape index (κ2) is 10.2. The van der Waals surface area contributed by atoms with Crippen LogP contribution in [-0.2, 0) is 9.53 Å². The molecule has 8 nitrogen and oxygen atoms in total. The fraction of sp³-hybridized carbons (Fsp3) is 0.480. The van der Waals surface area contributed by atoms with E-state index in [1.807, 2.05) is 13.8 Å². The Hall–Kier alpha value is -3.13. The van der Waals surface area contributed by atoms with E-state index in [1.54, 1.807) is 43.5 Å². The second-order valence-electron chi connectivity index (χ2n) is 9.43. The van der Waals surface area contributed by atoms with E-state index in [2.05, 4.69) is 15.8 Å². The molecular formula is C25H34N4O4. The lowest BCUT2D eigenvalue weighted by atomic mass is 9.71. The van der Waals surface area contributed by atoms with Gasteiger partial charge < -0.3 is 31.1 Å². The Morgan fingerprint density at radius 3 is 2.58 bits per heavy atom. The zero-order chi connectivity index (χ0) is 24.2. The molecule has 3 aliphatic rings. The van der Waals surface area contributed by atoms with Gasteiger partial charge in [-0.1, -0.05) is 17.3 Å². The Balaban J connectivity index is 1.63. The Labute approximate surface area is 195 Å². The Bertz CT molecular complexity index is 969. The molecule has 0 saturated heterocycles. The third-order valence-electron chi connectivity index (χ3n) is 6.31. The number of nitrogens with zero attached hydrogens (tertiary/aromatic N) is 1. The van der Waals surface area contributed by atoms with E-state index < -0.39 is 5.60 Å². The summed E-state index contributed by atoms with van der Waals surface area (Å²) >= 11 is 0. The van der Waals surface area contributed by atoms with E-state index in [0.29, 0.717) is 34.2 Å². The van der Waals surface area contributed by atoms with Crippen molar-refractivity contribution in [2.45, 2.75) is 58.1 Å². The molecule has 0 bridgehead atoms. The summed E-state index contributed by atoms with van der Waals surface area (Å²) in [5, 5.41) is 36.9. The number of oxime groups is 1. The number of nitrogens with one attached hydrogen (secondary N) is 3. The van der Waals surface area contributed by atoms with Gasteiger partial charge in [0, 0.05) is 35.4 Å². The van der Waals surface area contributed by atoms with E-state index in [1.165, 1.54) is 7.11 Å². The van der Waals surface area contributed by atoms with Gasteiger partial charge in [-0.25, -0.2) is 0 Å². The van der Waals surface area contributed by atoms with Crippen LogP contribution in [0, 0.1) is 17.2 Å². The lowest BCUT2D eigenvalue weighted by molar-refractivity contribution is -0.116. The van der Waals surface area contributed by atoms with Crippen molar-refractivity contribution in [1.82, 2.24) is 10.6 Å². The van der Waals surface area contributed by atoms with Gasteiger partial charge in [0.2, 0.25) is 0 Å². The van der Waals surface area contributed by atoms with Crippen LogP contribution in [0.15, 0.2) is 64.3 Å². The highest BCUT2D eigenvalue weighted by Gasteiger charge is 2.38.